The second kappa shape index (κ2) is 7.17. The molecular formula is C14H23NO4S. The summed E-state index contributed by atoms with van der Waals surface area (Å²) in [6.45, 7) is 5.87. The first-order valence-electron chi connectivity index (χ1n) is 6.60. The second-order valence-electron chi connectivity index (χ2n) is 4.71. The number of hydrogen-bond acceptors (Lipinski definition) is 4. The van der Waals surface area contributed by atoms with Crippen LogP contribution in [0.4, 0.5) is 0 Å². The highest BCUT2D eigenvalue weighted by Crippen LogP contribution is 2.24. The lowest BCUT2D eigenvalue weighted by Crippen LogP contribution is -2.41. The van der Waals surface area contributed by atoms with Crippen LogP contribution < -0.4 is 0 Å². The van der Waals surface area contributed by atoms with Crippen LogP contribution in [-0.2, 0) is 21.4 Å². The van der Waals surface area contributed by atoms with E-state index >= 15 is 0 Å². The quantitative estimate of drug-likeness (QED) is 0.829. The van der Waals surface area contributed by atoms with Crippen LogP contribution in [0.3, 0.4) is 0 Å². The molecule has 0 saturated carbocycles. The third-order valence-electron chi connectivity index (χ3n) is 3.36. The molecule has 0 aliphatic rings. The monoisotopic (exact) mass is 301 g/mol. The van der Waals surface area contributed by atoms with Gasteiger partial charge in [-0.25, -0.2) is 8.42 Å². The molecule has 0 saturated heterocycles. The van der Waals surface area contributed by atoms with Gasteiger partial charge in [-0.2, -0.15) is 4.31 Å². The van der Waals surface area contributed by atoms with E-state index in [1.54, 1.807) is 39.2 Å². The van der Waals surface area contributed by atoms with Crippen LogP contribution in [0, 0.1) is 6.92 Å². The summed E-state index contributed by atoms with van der Waals surface area (Å²) in [5, 5.41) is 9.27. The average Bonchev–Trinajstić information content (AvgIpc) is 2.39. The number of nitrogens with zero attached hydrogens (tertiary/aromatic N) is 1. The third-order valence-corrected chi connectivity index (χ3v) is 5.60. The van der Waals surface area contributed by atoms with E-state index in [1.165, 1.54) is 4.31 Å². The lowest BCUT2D eigenvalue weighted by atomic mass is 10.1. The molecule has 1 aromatic rings. The van der Waals surface area contributed by atoms with Crippen LogP contribution in [0.5, 0.6) is 0 Å². The second-order valence-corrected chi connectivity index (χ2v) is 6.57. The Kier molecular flexibility index (Phi) is 6.13. The van der Waals surface area contributed by atoms with Gasteiger partial charge in [0, 0.05) is 19.7 Å². The Morgan fingerprint density at radius 3 is 2.55 bits per heavy atom. The summed E-state index contributed by atoms with van der Waals surface area (Å²) in [7, 11) is -2.04. The summed E-state index contributed by atoms with van der Waals surface area (Å²) >= 11 is 0. The van der Waals surface area contributed by atoms with Gasteiger partial charge in [0.05, 0.1) is 18.1 Å². The fourth-order valence-electron chi connectivity index (χ4n) is 2.28. The van der Waals surface area contributed by atoms with Crippen molar-refractivity contribution in [1.29, 1.82) is 0 Å². The minimum Gasteiger partial charge on any atom is -0.392 e. The standard InChI is InChI=1S/C14H23NO4S/c1-5-15(11(2)10-19-4)20(17,18)14-8-6-7-13(9-16)12(14)3/h6-8,11,16H,5,9-10H2,1-4H3. The van der Waals surface area contributed by atoms with E-state index in [-0.39, 0.29) is 17.5 Å². The number of aliphatic hydroxyl groups excluding tert-OH is 1. The Hall–Kier alpha value is -0.950. The third kappa shape index (κ3) is 3.38. The minimum absolute atomic E-state index is 0.172. The number of likely N-dealkylation sites (N-methyl/N-ethyl adjacent to an activating group) is 1. The molecular weight excluding hydrogens is 278 g/mol. The number of hydrogen-bond donors (Lipinski definition) is 1. The number of ether oxygens (including phenoxy) is 1. The SMILES string of the molecule is CCN(C(C)COC)S(=O)(=O)c1cccc(CO)c1C. The van der Waals surface area contributed by atoms with Gasteiger partial charge in [-0.15, -0.1) is 0 Å². The first kappa shape index (κ1) is 17.1. The molecule has 20 heavy (non-hydrogen) atoms. The summed E-state index contributed by atoms with van der Waals surface area (Å²) in [5.74, 6) is 0. The van der Waals surface area contributed by atoms with E-state index in [1.807, 2.05) is 6.92 Å². The van der Waals surface area contributed by atoms with Crippen molar-refractivity contribution >= 4 is 10.0 Å². The van der Waals surface area contributed by atoms with Gasteiger partial charge in [0.2, 0.25) is 10.0 Å². The predicted octanol–water partition coefficient (Wildman–Crippen LogP) is 1.53. The molecule has 0 radical (unpaired) electrons. The van der Waals surface area contributed by atoms with E-state index in [0.29, 0.717) is 24.3 Å². The van der Waals surface area contributed by atoms with Crippen molar-refractivity contribution in [3.63, 3.8) is 0 Å². The van der Waals surface area contributed by atoms with Crippen molar-refractivity contribution in [1.82, 2.24) is 4.31 Å². The van der Waals surface area contributed by atoms with Crippen molar-refractivity contribution < 1.29 is 18.3 Å². The first-order valence-corrected chi connectivity index (χ1v) is 8.04. The van der Waals surface area contributed by atoms with Crippen molar-refractivity contribution in [3.8, 4) is 0 Å². The minimum atomic E-state index is -3.59. The largest absolute Gasteiger partial charge is 0.392 e. The molecule has 0 heterocycles. The van der Waals surface area contributed by atoms with Gasteiger partial charge in [0.15, 0.2) is 0 Å². The maximum Gasteiger partial charge on any atom is 0.243 e. The molecule has 114 valence electrons. The Morgan fingerprint density at radius 1 is 1.40 bits per heavy atom. The number of rotatable bonds is 7. The Bertz CT molecular complexity index is 542. The molecule has 5 nitrogen and oxygen atoms in total. The number of benzene rings is 1. The number of sulfonamides is 1. The normalized spacial score (nSPS) is 13.7. The fraction of sp³-hybridized carbons (Fsp3) is 0.571. The first-order chi connectivity index (χ1) is 9.39. The smallest absolute Gasteiger partial charge is 0.243 e. The Labute approximate surface area is 121 Å². The molecule has 0 fully saturated rings. The summed E-state index contributed by atoms with van der Waals surface area (Å²) in [6, 6.07) is 4.71. The predicted molar refractivity (Wildman–Crippen MR) is 78.0 cm³/mol. The number of methoxy groups -OCH3 is 1. The highest BCUT2D eigenvalue weighted by atomic mass is 32.2. The highest BCUT2D eigenvalue weighted by Gasteiger charge is 2.29. The summed E-state index contributed by atoms with van der Waals surface area (Å²) in [4.78, 5) is 0.244. The van der Waals surface area contributed by atoms with Crippen LogP contribution in [-0.4, -0.2) is 44.1 Å². The molecule has 1 atom stereocenters. The molecule has 1 rings (SSSR count). The van der Waals surface area contributed by atoms with Gasteiger partial charge >= 0.3 is 0 Å². The maximum absolute atomic E-state index is 12.8. The van der Waals surface area contributed by atoms with Gasteiger partial charge in [-0.05, 0) is 31.0 Å². The van der Waals surface area contributed by atoms with Crippen molar-refractivity contribution in [2.24, 2.45) is 0 Å². The molecule has 1 N–H and O–H groups in total. The molecule has 1 unspecified atom stereocenters. The molecule has 0 spiro atoms. The van der Waals surface area contributed by atoms with Gasteiger partial charge in [-0.1, -0.05) is 19.1 Å². The zero-order valence-electron chi connectivity index (χ0n) is 12.5. The van der Waals surface area contributed by atoms with Crippen LogP contribution in [0.15, 0.2) is 23.1 Å². The summed E-state index contributed by atoms with van der Waals surface area (Å²) in [5.41, 5.74) is 1.22. The van der Waals surface area contributed by atoms with Crippen molar-refractivity contribution in [3.05, 3.63) is 29.3 Å². The Morgan fingerprint density at radius 2 is 2.05 bits per heavy atom. The molecule has 0 aliphatic carbocycles. The van der Waals surface area contributed by atoms with Crippen molar-refractivity contribution in [2.75, 3.05) is 20.3 Å². The van der Waals surface area contributed by atoms with Gasteiger partial charge in [0.1, 0.15) is 0 Å². The van der Waals surface area contributed by atoms with Gasteiger partial charge in [0.25, 0.3) is 0 Å². The van der Waals surface area contributed by atoms with Gasteiger partial charge < -0.3 is 9.84 Å². The number of aliphatic hydroxyl groups is 1. The zero-order valence-corrected chi connectivity index (χ0v) is 13.3. The van der Waals surface area contributed by atoms with Crippen LogP contribution in [0.1, 0.15) is 25.0 Å². The maximum atomic E-state index is 12.8. The van der Waals surface area contributed by atoms with E-state index in [9.17, 15) is 13.5 Å². The molecule has 6 heteroatoms. The topological polar surface area (TPSA) is 66.8 Å². The molecule has 0 aromatic heterocycles. The van der Waals surface area contributed by atoms with Crippen LogP contribution >= 0.6 is 0 Å². The van der Waals surface area contributed by atoms with Gasteiger partial charge in [-0.3, -0.25) is 0 Å². The Balaban J connectivity index is 3.28. The van der Waals surface area contributed by atoms with Crippen LogP contribution in [0.25, 0.3) is 0 Å². The fourth-order valence-corrected chi connectivity index (χ4v) is 4.18. The van der Waals surface area contributed by atoms with E-state index in [0.717, 1.165) is 0 Å². The van der Waals surface area contributed by atoms with Crippen molar-refractivity contribution in [2.45, 2.75) is 38.3 Å². The lowest BCUT2D eigenvalue weighted by molar-refractivity contribution is 0.142. The molecule has 0 aliphatic heterocycles. The lowest BCUT2D eigenvalue weighted by Gasteiger charge is -2.27. The van der Waals surface area contributed by atoms with E-state index in [4.69, 9.17) is 4.74 Å². The highest BCUT2D eigenvalue weighted by molar-refractivity contribution is 7.89. The van der Waals surface area contributed by atoms with Crippen LogP contribution in [0.2, 0.25) is 0 Å². The molecule has 0 amide bonds. The van der Waals surface area contributed by atoms with E-state index in [2.05, 4.69) is 0 Å². The molecule has 1 aromatic carbocycles. The zero-order chi connectivity index (χ0) is 15.3. The molecule has 0 bridgehead atoms. The average molecular weight is 301 g/mol. The summed E-state index contributed by atoms with van der Waals surface area (Å²) in [6.07, 6.45) is 0. The summed E-state index contributed by atoms with van der Waals surface area (Å²) < 4.78 is 32.0. The van der Waals surface area contributed by atoms with E-state index < -0.39 is 10.0 Å².